The van der Waals surface area contributed by atoms with Crippen molar-refractivity contribution >= 4 is 17.3 Å². The zero-order chi connectivity index (χ0) is 13.7. The first-order valence-corrected chi connectivity index (χ1v) is 5.78. The Labute approximate surface area is 110 Å². The van der Waals surface area contributed by atoms with Gasteiger partial charge >= 0.3 is 0 Å². The van der Waals surface area contributed by atoms with Crippen LogP contribution in [0.3, 0.4) is 0 Å². The molecule has 0 radical (unpaired) electrons. The molecule has 6 heteroatoms. The number of anilines is 2. The molecule has 1 aromatic carbocycles. The second kappa shape index (κ2) is 5.81. The number of aromatic nitrogens is 2. The number of nitrogen functional groups attached to an aromatic ring is 1. The Kier molecular flexibility index (Phi) is 3.92. The molecule has 0 fully saturated rings. The van der Waals surface area contributed by atoms with Crippen LogP contribution in [-0.4, -0.2) is 22.5 Å². The summed E-state index contributed by atoms with van der Waals surface area (Å²) in [6.07, 6.45) is 4.42. The Hall–Kier alpha value is -2.63. The second-order valence-corrected chi connectivity index (χ2v) is 3.81. The van der Waals surface area contributed by atoms with Crippen LogP contribution >= 0.6 is 0 Å². The summed E-state index contributed by atoms with van der Waals surface area (Å²) in [5.74, 6) is 0.278. The number of benzene rings is 1. The van der Waals surface area contributed by atoms with E-state index >= 15 is 0 Å². The second-order valence-electron chi connectivity index (χ2n) is 3.81. The molecule has 0 aliphatic rings. The maximum atomic E-state index is 12.0. The van der Waals surface area contributed by atoms with Crippen LogP contribution in [0.5, 0.6) is 5.75 Å². The number of nitrogens with one attached hydrogen (secondary N) is 1. The molecule has 2 aromatic rings. The van der Waals surface area contributed by atoms with Crippen LogP contribution in [0.25, 0.3) is 0 Å². The van der Waals surface area contributed by atoms with Gasteiger partial charge in [-0.2, -0.15) is 0 Å². The van der Waals surface area contributed by atoms with E-state index in [1.807, 2.05) is 6.92 Å². The Morgan fingerprint density at radius 2 is 2.05 bits per heavy atom. The van der Waals surface area contributed by atoms with Gasteiger partial charge in [-0.1, -0.05) is 0 Å². The van der Waals surface area contributed by atoms with Crippen LogP contribution in [-0.2, 0) is 0 Å². The van der Waals surface area contributed by atoms with E-state index in [1.165, 1.54) is 18.7 Å². The molecule has 0 atom stereocenters. The van der Waals surface area contributed by atoms with Crippen molar-refractivity contribution in [1.29, 1.82) is 0 Å². The predicted octanol–water partition coefficient (Wildman–Crippen LogP) is 1.71. The largest absolute Gasteiger partial charge is 0.494 e. The van der Waals surface area contributed by atoms with Crippen molar-refractivity contribution in [3.8, 4) is 5.75 Å². The lowest BCUT2D eigenvalue weighted by atomic mass is 10.1. The van der Waals surface area contributed by atoms with Gasteiger partial charge in [-0.3, -0.25) is 4.79 Å². The van der Waals surface area contributed by atoms with Crippen molar-refractivity contribution in [1.82, 2.24) is 9.97 Å². The topological polar surface area (TPSA) is 90.1 Å². The number of carbonyl (C=O) groups excluding carboxylic acids is 1. The van der Waals surface area contributed by atoms with Crippen LogP contribution in [0.15, 0.2) is 36.9 Å². The maximum Gasteiger partial charge on any atom is 0.255 e. The Bertz CT molecular complexity index is 572. The average molecular weight is 258 g/mol. The smallest absolute Gasteiger partial charge is 0.255 e. The number of hydrogen-bond donors (Lipinski definition) is 2. The zero-order valence-electron chi connectivity index (χ0n) is 10.5. The van der Waals surface area contributed by atoms with E-state index in [0.29, 0.717) is 29.3 Å². The molecule has 1 aromatic heterocycles. The standard InChI is InChI=1S/C13H14N4O2/c1-2-19-12-4-9(3-10(14)5-12)13(18)17-11-6-15-8-16-7-11/h3-8H,2,14H2,1H3,(H,17,18). The summed E-state index contributed by atoms with van der Waals surface area (Å²) in [6, 6.07) is 4.90. The van der Waals surface area contributed by atoms with Crippen LogP contribution in [0.4, 0.5) is 11.4 Å². The van der Waals surface area contributed by atoms with Crippen molar-refractivity contribution in [2.75, 3.05) is 17.7 Å². The molecule has 6 nitrogen and oxygen atoms in total. The van der Waals surface area contributed by atoms with E-state index < -0.39 is 0 Å². The summed E-state index contributed by atoms with van der Waals surface area (Å²) in [4.78, 5) is 19.7. The number of carbonyl (C=O) groups is 1. The van der Waals surface area contributed by atoms with Crippen LogP contribution < -0.4 is 15.8 Å². The van der Waals surface area contributed by atoms with Crippen LogP contribution in [0.1, 0.15) is 17.3 Å². The van der Waals surface area contributed by atoms with E-state index in [2.05, 4.69) is 15.3 Å². The molecule has 0 bridgehead atoms. The maximum absolute atomic E-state index is 12.0. The average Bonchev–Trinajstić information content (AvgIpc) is 2.39. The van der Waals surface area contributed by atoms with Crippen molar-refractivity contribution in [3.05, 3.63) is 42.5 Å². The minimum absolute atomic E-state index is 0.289. The summed E-state index contributed by atoms with van der Waals surface area (Å²) >= 11 is 0. The first kappa shape index (κ1) is 12.8. The number of nitrogens with zero attached hydrogens (tertiary/aromatic N) is 2. The van der Waals surface area contributed by atoms with Gasteiger partial charge in [0.25, 0.3) is 5.91 Å². The molecule has 0 saturated carbocycles. The SMILES string of the molecule is CCOc1cc(N)cc(C(=O)Nc2cncnc2)c1. The van der Waals surface area contributed by atoms with E-state index in [1.54, 1.807) is 18.2 Å². The van der Waals surface area contributed by atoms with Crippen molar-refractivity contribution in [2.24, 2.45) is 0 Å². The van der Waals surface area contributed by atoms with Crippen LogP contribution in [0, 0.1) is 0 Å². The molecule has 1 heterocycles. The van der Waals surface area contributed by atoms with Gasteiger partial charge in [0.05, 0.1) is 24.7 Å². The summed E-state index contributed by atoms with van der Waals surface area (Å²) in [5.41, 5.74) is 7.15. The molecular weight excluding hydrogens is 244 g/mol. The highest BCUT2D eigenvalue weighted by Gasteiger charge is 2.09. The lowest BCUT2D eigenvalue weighted by Gasteiger charge is -2.08. The molecule has 0 unspecified atom stereocenters. The Balaban J connectivity index is 2.19. The van der Waals surface area contributed by atoms with Gasteiger partial charge in [0.2, 0.25) is 0 Å². The molecule has 0 spiro atoms. The van der Waals surface area contributed by atoms with Crippen molar-refractivity contribution in [3.63, 3.8) is 0 Å². The number of amides is 1. The highest BCUT2D eigenvalue weighted by molar-refractivity contribution is 6.04. The predicted molar refractivity (Wildman–Crippen MR) is 72.0 cm³/mol. The molecular formula is C13H14N4O2. The highest BCUT2D eigenvalue weighted by atomic mass is 16.5. The van der Waals surface area contributed by atoms with E-state index in [-0.39, 0.29) is 5.91 Å². The molecule has 19 heavy (non-hydrogen) atoms. The Morgan fingerprint density at radius 3 is 2.74 bits per heavy atom. The van der Waals surface area contributed by atoms with Gasteiger partial charge in [0.1, 0.15) is 12.1 Å². The number of nitrogens with two attached hydrogens (primary N) is 1. The summed E-state index contributed by atoms with van der Waals surface area (Å²) in [7, 11) is 0. The fourth-order valence-electron chi connectivity index (χ4n) is 1.57. The number of hydrogen-bond acceptors (Lipinski definition) is 5. The van der Waals surface area contributed by atoms with Gasteiger partial charge in [0, 0.05) is 17.3 Å². The fraction of sp³-hybridized carbons (Fsp3) is 0.154. The first-order chi connectivity index (χ1) is 9.19. The van der Waals surface area contributed by atoms with Crippen molar-refractivity contribution < 1.29 is 9.53 Å². The third kappa shape index (κ3) is 3.41. The number of rotatable bonds is 4. The lowest BCUT2D eigenvalue weighted by molar-refractivity contribution is 0.102. The summed E-state index contributed by atoms with van der Waals surface area (Å²) in [6.45, 7) is 2.38. The Morgan fingerprint density at radius 1 is 1.32 bits per heavy atom. The monoisotopic (exact) mass is 258 g/mol. The van der Waals surface area contributed by atoms with Gasteiger partial charge < -0.3 is 15.8 Å². The van der Waals surface area contributed by atoms with Gasteiger partial charge in [-0.05, 0) is 19.1 Å². The fourth-order valence-corrected chi connectivity index (χ4v) is 1.57. The third-order valence-corrected chi connectivity index (χ3v) is 2.32. The molecule has 3 N–H and O–H groups in total. The molecule has 0 saturated heterocycles. The van der Waals surface area contributed by atoms with E-state index in [0.717, 1.165) is 0 Å². The molecule has 98 valence electrons. The molecule has 0 aliphatic carbocycles. The quantitative estimate of drug-likeness (QED) is 0.815. The third-order valence-electron chi connectivity index (χ3n) is 2.32. The first-order valence-electron chi connectivity index (χ1n) is 5.78. The van der Waals surface area contributed by atoms with E-state index in [4.69, 9.17) is 10.5 Å². The van der Waals surface area contributed by atoms with Crippen molar-refractivity contribution in [2.45, 2.75) is 6.92 Å². The zero-order valence-corrected chi connectivity index (χ0v) is 10.5. The van der Waals surface area contributed by atoms with Gasteiger partial charge in [-0.15, -0.1) is 0 Å². The summed E-state index contributed by atoms with van der Waals surface area (Å²) in [5, 5.41) is 2.68. The van der Waals surface area contributed by atoms with Crippen LogP contribution in [0.2, 0.25) is 0 Å². The normalized spacial score (nSPS) is 9.95. The van der Waals surface area contributed by atoms with E-state index in [9.17, 15) is 4.79 Å². The number of ether oxygens (including phenoxy) is 1. The molecule has 0 aliphatic heterocycles. The minimum atomic E-state index is -0.289. The molecule has 1 amide bonds. The summed E-state index contributed by atoms with van der Waals surface area (Å²) < 4.78 is 5.34. The highest BCUT2D eigenvalue weighted by Crippen LogP contribution is 2.19. The minimum Gasteiger partial charge on any atom is -0.494 e. The van der Waals surface area contributed by atoms with Gasteiger partial charge in [0.15, 0.2) is 0 Å². The van der Waals surface area contributed by atoms with Gasteiger partial charge in [-0.25, -0.2) is 9.97 Å². The molecule has 2 rings (SSSR count). The lowest BCUT2D eigenvalue weighted by Crippen LogP contribution is -2.13.